The highest BCUT2D eigenvalue weighted by molar-refractivity contribution is 5.79. The Morgan fingerprint density at radius 2 is 1.96 bits per heavy atom. The fourth-order valence-electron chi connectivity index (χ4n) is 2.19. The molecule has 7 nitrogen and oxygen atoms in total. The SMILES string of the molecule is CCC(CO)N(CCC(=O)OC)C(=O)COc1cccc(OC)c1. The lowest BCUT2D eigenvalue weighted by atomic mass is 10.2. The van der Waals surface area contributed by atoms with Crippen LogP contribution in [-0.4, -0.2) is 61.9 Å². The van der Waals surface area contributed by atoms with Gasteiger partial charge in [0.05, 0.1) is 33.3 Å². The van der Waals surface area contributed by atoms with Crippen molar-refractivity contribution in [3.05, 3.63) is 24.3 Å². The maximum absolute atomic E-state index is 12.4. The first-order valence-electron chi connectivity index (χ1n) is 7.79. The number of benzene rings is 1. The number of rotatable bonds is 10. The van der Waals surface area contributed by atoms with Crippen molar-refractivity contribution >= 4 is 11.9 Å². The van der Waals surface area contributed by atoms with E-state index in [1.54, 1.807) is 31.4 Å². The summed E-state index contributed by atoms with van der Waals surface area (Å²) in [6, 6.07) is 6.57. The average molecular weight is 339 g/mol. The number of nitrogens with zero attached hydrogens (tertiary/aromatic N) is 1. The van der Waals surface area contributed by atoms with Crippen molar-refractivity contribution < 1.29 is 28.9 Å². The van der Waals surface area contributed by atoms with Gasteiger partial charge in [-0.3, -0.25) is 9.59 Å². The Hall–Kier alpha value is -2.28. The van der Waals surface area contributed by atoms with Crippen LogP contribution in [0.1, 0.15) is 19.8 Å². The van der Waals surface area contributed by atoms with Gasteiger partial charge in [-0.05, 0) is 18.6 Å². The lowest BCUT2D eigenvalue weighted by Gasteiger charge is -2.29. The second kappa shape index (κ2) is 10.5. The molecule has 0 saturated heterocycles. The lowest BCUT2D eigenvalue weighted by Crippen LogP contribution is -2.45. The van der Waals surface area contributed by atoms with Crippen LogP contribution in [0.5, 0.6) is 11.5 Å². The van der Waals surface area contributed by atoms with Gasteiger partial charge >= 0.3 is 5.97 Å². The molecule has 0 aromatic heterocycles. The van der Waals surface area contributed by atoms with Crippen molar-refractivity contribution in [2.45, 2.75) is 25.8 Å². The van der Waals surface area contributed by atoms with Crippen molar-refractivity contribution in [1.82, 2.24) is 4.90 Å². The minimum absolute atomic E-state index is 0.0674. The molecule has 1 aromatic carbocycles. The number of carbonyl (C=O) groups is 2. The molecular formula is C17H25NO6. The molecule has 0 heterocycles. The van der Waals surface area contributed by atoms with E-state index in [0.717, 1.165) is 0 Å². The Labute approximate surface area is 142 Å². The van der Waals surface area contributed by atoms with Crippen LogP contribution in [0.3, 0.4) is 0 Å². The largest absolute Gasteiger partial charge is 0.497 e. The Morgan fingerprint density at radius 3 is 2.54 bits per heavy atom. The lowest BCUT2D eigenvalue weighted by molar-refractivity contribution is -0.143. The predicted octanol–water partition coefficient (Wildman–Crippen LogP) is 1.24. The highest BCUT2D eigenvalue weighted by atomic mass is 16.5. The minimum Gasteiger partial charge on any atom is -0.497 e. The Morgan fingerprint density at radius 1 is 1.25 bits per heavy atom. The van der Waals surface area contributed by atoms with Gasteiger partial charge in [-0.25, -0.2) is 0 Å². The van der Waals surface area contributed by atoms with Crippen molar-refractivity contribution in [2.75, 3.05) is 34.0 Å². The molecular weight excluding hydrogens is 314 g/mol. The van der Waals surface area contributed by atoms with E-state index in [-0.39, 0.29) is 38.1 Å². The second-order valence-electron chi connectivity index (χ2n) is 5.13. The first kappa shape index (κ1) is 19.8. The zero-order valence-electron chi connectivity index (χ0n) is 14.4. The van der Waals surface area contributed by atoms with E-state index in [9.17, 15) is 14.7 Å². The molecule has 1 amide bonds. The molecule has 0 saturated carbocycles. The van der Waals surface area contributed by atoms with Gasteiger partial charge in [0.1, 0.15) is 11.5 Å². The average Bonchev–Trinajstić information content (AvgIpc) is 2.62. The molecule has 0 bridgehead atoms. The Bertz CT molecular complexity index is 530. The summed E-state index contributed by atoms with van der Waals surface area (Å²) in [5, 5.41) is 9.45. The first-order valence-corrected chi connectivity index (χ1v) is 7.79. The molecule has 0 aliphatic rings. The smallest absolute Gasteiger partial charge is 0.307 e. The molecule has 0 spiro atoms. The van der Waals surface area contributed by atoms with E-state index in [0.29, 0.717) is 17.9 Å². The molecule has 0 fully saturated rings. The number of carbonyl (C=O) groups excluding carboxylic acids is 2. The summed E-state index contributed by atoms with van der Waals surface area (Å²) < 4.78 is 15.2. The molecule has 1 atom stereocenters. The third-order valence-corrected chi connectivity index (χ3v) is 3.63. The van der Waals surface area contributed by atoms with E-state index in [1.165, 1.54) is 12.0 Å². The topological polar surface area (TPSA) is 85.3 Å². The van der Waals surface area contributed by atoms with Gasteiger partial charge in [0.2, 0.25) is 0 Å². The fourth-order valence-corrected chi connectivity index (χ4v) is 2.19. The highest BCUT2D eigenvalue weighted by Gasteiger charge is 2.23. The minimum atomic E-state index is -0.408. The standard InChI is InChI=1S/C17H25NO6/c1-4-13(11-19)18(9-8-17(21)23-3)16(20)12-24-15-7-5-6-14(10-15)22-2/h5-7,10,13,19H,4,8-9,11-12H2,1-3H3. The molecule has 1 N–H and O–H groups in total. The van der Waals surface area contributed by atoms with Crippen LogP contribution in [0.4, 0.5) is 0 Å². The van der Waals surface area contributed by atoms with Crippen molar-refractivity contribution in [3.63, 3.8) is 0 Å². The fraction of sp³-hybridized carbons (Fsp3) is 0.529. The number of hydrogen-bond acceptors (Lipinski definition) is 6. The molecule has 1 aromatic rings. The van der Waals surface area contributed by atoms with E-state index < -0.39 is 5.97 Å². The summed E-state index contributed by atoms with van der Waals surface area (Å²) in [5.41, 5.74) is 0. The van der Waals surface area contributed by atoms with Crippen LogP contribution in [0, 0.1) is 0 Å². The zero-order valence-corrected chi connectivity index (χ0v) is 14.4. The maximum Gasteiger partial charge on any atom is 0.307 e. The highest BCUT2D eigenvalue weighted by Crippen LogP contribution is 2.19. The van der Waals surface area contributed by atoms with Crippen LogP contribution in [0.2, 0.25) is 0 Å². The van der Waals surface area contributed by atoms with E-state index in [1.807, 2.05) is 6.92 Å². The van der Waals surface area contributed by atoms with Gasteiger partial charge in [0.15, 0.2) is 6.61 Å². The molecule has 1 rings (SSSR count). The predicted molar refractivity (Wildman–Crippen MR) is 88.0 cm³/mol. The quantitative estimate of drug-likeness (QED) is 0.646. The monoisotopic (exact) mass is 339 g/mol. The van der Waals surface area contributed by atoms with Crippen molar-refractivity contribution in [3.8, 4) is 11.5 Å². The van der Waals surface area contributed by atoms with Crippen molar-refractivity contribution in [1.29, 1.82) is 0 Å². The van der Waals surface area contributed by atoms with Gasteiger partial charge in [-0.1, -0.05) is 13.0 Å². The Balaban J connectivity index is 2.70. The molecule has 134 valence electrons. The number of aliphatic hydroxyl groups is 1. The number of amides is 1. The summed E-state index contributed by atoms with van der Waals surface area (Å²) in [5.74, 6) is 0.425. The summed E-state index contributed by atoms with van der Waals surface area (Å²) in [6.07, 6.45) is 0.639. The first-order chi connectivity index (χ1) is 11.5. The molecule has 0 aliphatic heterocycles. The molecule has 24 heavy (non-hydrogen) atoms. The summed E-state index contributed by atoms with van der Waals surface area (Å²) in [7, 11) is 2.84. The number of ether oxygens (including phenoxy) is 3. The van der Waals surface area contributed by atoms with Gasteiger partial charge < -0.3 is 24.2 Å². The second-order valence-corrected chi connectivity index (χ2v) is 5.13. The van der Waals surface area contributed by atoms with Crippen LogP contribution in [-0.2, 0) is 14.3 Å². The zero-order chi connectivity index (χ0) is 17.9. The summed E-state index contributed by atoms with van der Waals surface area (Å²) in [4.78, 5) is 25.2. The van der Waals surface area contributed by atoms with Gasteiger partial charge in [-0.15, -0.1) is 0 Å². The van der Waals surface area contributed by atoms with E-state index in [4.69, 9.17) is 9.47 Å². The Kier molecular flexibility index (Phi) is 8.64. The van der Waals surface area contributed by atoms with Crippen LogP contribution in [0.15, 0.2) is 24.3 Å². The van der Waals surface area contributed by atoms with Gasteiger partial charge in [0, 0.05) is 12.6 Å². The van der Waals surface area contributed by atoms with Gasteiger partial charge in [0.25, 0.3) is 5.91 Å². The van der Waals surface area contributed by atoms with Crippen LogP contribution < -0.4 is 9.47 Å². The number of aliphatic hydroxyl groups excluding tert-OH is 1. The summed E-state index contributed by atoms with van der Waals surface area (Å²) >= 11 is 0. The molecule has 0 radical (unpaired) electrons. The summed E-state index contributed by atoms with van der Waals surface area (Å²) in [6.45, 7) is 1.67. The van der Waals surface area contributed by atoms with Crippen LogP contribution >= 0.6 is 0 Å². The number of esters is 1. The van der Waals surface area contributed by atoms with Crippen LogP contribution in [0.25, 0.3) is 0 Å². The third-order valence-electron chi connectivity index (χ3n) is 3.63. The number of methoxy groups -OCH3 is 2. The van der Waals surface area contributed by atoms with E-state index in [2.05, 4.69) is 4.74 Å². The van der Waals surface area contributed by atoms with Crippen molar-refractivity contribution in [2.24, 2.45) is 0 Å². The molecule has 7 heteroatoms. The third kappa shape index (κ3) is 6.08. The maximum atomic E-state index is 12.4. The molecule has 0 aliphatic carbocycles. The molecule has 1 unspecified atom stereocenters. The van der Waals surface area contributed by atoms with E-state index >= 15 is 0 Å². The normalized spacial score (nSPS) is 11.5. The van der Waals surface area contributed by atoms with Gasteiger partial charge in [-0.2, -0.15) is 0 Å². The number of hydrogen-bond donors (Lipinski definition) is 1.